The van der Waals surface area contributed by atoms with Crippen LogP contribution in [0.1, 0.15) is 32.1 Å². The molecule has 1 fully saturated rings. The number of hydrogen-bond acceptors (Lipinski definition) is 3. The molecule has 2 heterocycles. The Kier molecular flexibility index (Phi) is 5.88. The van der Waals surface area contributed by atoms with Gasteiger partial charge >= 0.3 is 0 Å². The van der Waals surface area contributed by atoms with E-state index in [4.69, 9.17) is 11.6 Å². The zero-order valence-corrected chi connectivity index (χ0v) is 14.5. The lowest BCUT2D eigenvalue weighted by Crippen LogP contribution is -2.31. The quantitative estimate of drug-likeness (QED) is 0.833. The van der Waals surface area contributed by atoms with Crippen LogP contribution >= 0.6 is 11.6 Å². The number of hydrogen-bond donors (Lipinski definition) is 2. The van der Waals surface area contributed by atoms with E-state index in [-0.39, 0.29) is 5.91 Å². The smallest absolute Gasteiger partial charge is 0.225 e. The Labute approximate surface area is 147 Å². The molecule has 0 spiro atoms. The van der Waals surface area contributed by atoms with Crippen LogP contribution in [0.2, 0.25) is 5.02 Å². The molecule has 1 aromatic carbocycles. The van der Waals surface area contributed by atoms with E-state index >= 15 is 0 Å². The van der Waals surface area contributed by atoms with E-state index in [0.29, 0.717) is 17.3 Å². The third kappa shape index (κ3) is 4.58. The minimum Gasteiger partial charge on any atom is -0.309 e. The first kappa shape index (κ1) is 17.0. The number of piperidine rings is 1. The number of aromatic amines is 1. The zero-order chi connectivity index (χ0) is 16.8. The molecule has 3 rings (SSSR count). The van der Waals surface area contributed by atoms with E-state index in [1.165, 1.54) is 32.4 Å². The lowest BCUT2D eigenvalue weighted by atomic mass is 10.1. The van der Waals surface area contributed by atoms with Crippen molar-refractivity contribution < 1.29 is 4.79 Å². The van der Waals surface area contributed by atoms with Gasteiger partial charge in [0, 0.05) is 23.1 Å². The molecule has 1 aromatic heterocycles. The fourth-order valence-corrected chi connectivity index (χ4v) is 3.29. The molecule has 1 aliphatic rings. The minimum atomic E-state index is 0.00391. The molecule has 24 heavy (non-hydrogen) atoms. The largest absolute Gasteiger partial charge is 0.309 e. The summed E-state index contributed by atoms with van der Waals surface area (Å²) in [6.07, 6.45) is 5.30. The molecule has 1 amide bonds. The van der Waals surface area contributed by atoms with Crippen LogP contribution in [0.15, 0.2) is 30.3 Å². The number of amides is 1. The average Bonchev–Trinajstić information content (AvgIpc) is 3.04. The number of carbonyl (C=O) groups excluding carboxylic acids is 1. The second-order valence-corrected chi connectivity index (χ2v) is 6.61. The number of nitrogens with one attached hydrogen (secondary N) is 2. The SMILES string of the molecule is O=C(CCCN1CCCCC1)Nc1cc(-c2ccccc2Cl)[nH]n1. The maximum Gasteiger partial charge on any atom is 0.225 e. The summed E-state index contributed by atoms with van der Waals surface area (Å²) in [4.78, 5) is 14.5. The van der Waals surface area contributed by atoms with E-state index in [1.807, 2.05) is 30.3 Å². The standard InChI is InChI=1S/C18H23ClN4O/c19-15-8-3-2-7-14(15)16-13-17(22-21-16)20-18(24)9-6-12-23-10-4-1-5-11-23/h2-3,7-8,13H,1,4-6,9-12H2,(H2,20,21,22,24). The fourth-order valence-electron chi connectivity index (χ4n) is 3.05. The van der Waals surface area contributed by atoms with Gasteiger partial charge in [-0.15, -0.1) is 0 Å². The summed E-state index contributed by atoms with van der Waals surface area (Å²) < 4.78 is 0. The van der Waals surface area contributed by atoms with Crippen molar-refractivity contribution >= 4 is 23.3 Å². The highest BCUT2D eigenvalue weighted by Gasteiger charge is 2.12. The average molecular weight is 347 g/mol. The van der Waals surface area contributed by atoms with Crippen LogP contribution in [0.4, 0.5) is 5.82 Å². The van der Waals surface area contributed by atoms with Gasteiger partial charge in [-0.3, -0.25) is 9.89 Å². The van der Waals surface area contributed by atoms with Gasteiger partial charge in [-0.1, -0.05) is 36.2 Å². The van der Waals surface area contributed by atoms with Gasteiger partial charge in [0.2, 0.25) is 5.91 Å². The highest BCUT2D eigenvalue weighted by molar-refractivity contribution is 6.33. The summed E-state index contributed by atoms with van der Waals surface area (Å²) in [6.45, 7) is 3.34. The first-order valence-corrected chi connectivity index (χ1v) is 8.93. The molecule has 2 N–H and O–H groups in total. The van der Waals surface area contributed by atoms with Crippen LogP contribution in [0.25, 0.3) is 11.3 Å². The van der Waals surface area contributed by atoms with Gasteiger partial charge in [-0.25, -0.2) is 0 Å². The molecule has 0 saturated carbocycles. The van der Waals surface area contributed by atoms with Gasteiger partial charge in [0.1, 0.15) is 0 Å². The molecule has 6 heteroatoms. The van der Waals surface area contributed by atoms with Crippen molar-refractivity contribution in [3.63, 3.8) is 0 Å². The molecule has 0 unspecified atom stereocenters. The molecular formula is C18H23ClN4O. The van der Waals surface area contributed by atoms with E-state index in [2.05, 4.69) is 20.4 Å². The highest BCUT2D eigenvalue weighted by atomic mass is 35.5. The lowest BCUT2D eigenvalue weighted by molar-refractivity contribution is -0.116. The van der Waals surface area contributed by atoms with Crippen LogP contribution in [-0.4, -0.2) is 40.6 Å². The number of halogens is 1. The monoisotopic (exact) mass is 346 g/mol. The molecule has 1 aliphatic heterocycles. The number of benzene rings is 1. The predicted molar refractivity (Wildman–Crippen MR) is 97.2 cm³/mol. The van der Waals surface area contributed by atoms with Gasteiger partial charge in [0.05, 0.1) is 5.69 Å². The van der Waals surface area contributed by atoms with E-state index < -0.39 is 0 Å². The van der Waals surface area contributed by atoms with Crippen LogP contribution in [0.3, 0.4) is 0 Å². The highest BCUT2D eigenvalue weighted by Crippen LogP contribution is 2.27. The van der Waals surface area contributed by atoms with Gasteiger partial charge in [0.25, 0.3) is 0 Å². The van der Waals surface area contributed by atoms with Crippen LogP contribution in [-0.2, 0) is 4.79 Å². The Hall–Kier alpha value is -1.85. The Morgan fingerprint density at radius 2 is 2.04 bits per heavy atom. The van der Waals surface area contributed by atoms with Crippen LogP contribution < -0.4 is 5.32 Å². The summed E-state index contributed by atoms with van der Waals surface area (Å²) in [7, 11) is 0. The second kappa shape index (κ2) is 8.31. The number of aromatic nitrogens is 2. The van der Waals surface area contributed by atoms with Gasteiger partial charge in [-0.2, -0.15) is 5.10 Å². The summed E-state index contributed by atoms with van der Waals surface area (Å²) in [5.74, 6) is 0.539. The molecule has 2 aromatic rings. The summed E-state index contributed by atoms with van der Waals surface area (Å²) in [5, 5.41) is 10.6. The maximum atomic E-state index is 12.1. The maximum absolute atomic E-state index is 12.1. The lowest BCUT2D eigenvalue weighted by Gasteiger charge is -2.26. The zero-order valence-electron chi connectivity index (χ0n) is 13.7. The third-order valence-corrected chi connectivity index (χ3v) is 4.67. The number of carbonyl (C=O) groups is 1. The van der Waals surface area contributed by atoms with Crippen LogP contribution in [0.5, 0.6) is 0 Å². The Bertz CT molecular complexity index is 679. The Balaban J connectivity index is 1.47. The molecular weight excluding hydrogens is 324 g/mol. The summed E-state index contributed by atoms with van der Waals surface area (Å²) >= 11 is 6.18. The minimum absolute atomic E-state index is 0.00391. The van der Waals surface area contributed by atoms with Crippen molar-refractivity contribution in [2.75, 3.05) is 25.0 Å². The number of H-pyrrole nitrogens is 1. The third-order valence-electron chi connectivity index (χ3n) is 4.34. The second-order valence-electron chi connectivity index (χ2n) is 6.20. The number of rotatable bonds is 6. The predicted octanol–water partition coefficient (Wildman–Crippen LogP) is 3.93. The Morgan fingerprint density at radius 1 is 1.25 bits per heavy atom. The number of likely N-dealkylation sites (tertiary alicyclic amines) is 1. The molecule has 0 aliphatic carbocycles. The van der Waals surface area contributed by atoms with Crippen molar-refractivity contribution in [1.29, 1.82) is 0 Å². The molecule has 5 nitrogen and oxygen atoms in total. The summed E-state index contributed by atoms with van der Waals surface area (Å²) in [6, 6.07) is 9.36. The van der Waals surface area contributed by atoms with E-state index in [0.717, 1.165) is 24.2 Å². The van der Waals surface area contributed by atoms with Crippen molar-refractivity contribution in [3.8, 4) is 11.3 Å². The molecule has 128 valence electrons. The molecule has 0 bridgehead atoms. The van der Waals surface area contributed by atoms with Gasteiger partial charge in [0.15, 0.2) is 5.82 Å². The van der Waals surface area contributed by atoms with Gasteiger partial charge < -0.3 is 10.2 Å². The number of nitrogens with zero attached hydrogens (tertiary/aromatic N) is 2. The first-order chi connectivity index (χ1) is 11.7. The van der Waals surface area contributed by atoms with Crippen LogP contribution in [0, 0.1) is 0 Å². The molecule has 1 saturated heterocycles. The first-order valence-electron chi connectivity index (χ1n) is 8.55. The van der Waals surface area contributed by atoms with Crippen molar-refractivity contribution in [3.05, 3.63) is 35.4 Å². The normalized spacial score (nSPS) is 15.4. The van der Waals surface area contributed by atoms with E-state index in [1.54, 1.807) is 0 Å². The Morgan fingerprint density at radius 3 is 2.83 bits per heavy atom. The van der Waals surface area contributed by atoms with Gasteiger partial charge in [-0.05, 0) is 45.0 Å². The topological polar surface area (TPSA) is 61.0 Å². The molecule has 0 radical (unpaired) electrons. The van der Waals surface area contributed by atoms with E-state index in [9.17, 15) is 4.79 Å². The van der Waals surface area contributed by atoms with Crippen molar-refractivity contribution in [2.45, 2.75) is 32.1 Å². The molecule has 0 atom stereocenters. The fraction of sp³-hybridized carbons (Fsp3) is 0.444. The summed E-state index contributed by atoms with van der Waals surface area (Å²) in [5.41, 5.74) is 1.67. The van der Waals surface area contributed by atoms with Crippen molar-refractivity contribution in [2.24, 2.45) is 0 Å². The van der Waals surface area contributed by atoms with Crippen molar-refractivity contribution in [1.82, 2.24) is 15.1 Å². The number of anilines is 1.